The highest BCUT2D eigenvalue weighted by Gasteiger charge is 2.22. The number of piperazine rings is 1. The Morgan fingerprint density at radius 1 is 1.09 bits per heavy atom. The van der Waals surface area contributed by atoms with Crippen LogP contribution in [0, 0.1) is 6.92 Å². The van der Waals surface area contributed by atoms with E-state index >= 15 is 0 Å². The van der Waals surface area contributed by atoms with Crippen LogP contribution < -0.4 is 0 Å². The maximum absolute atomic E-state index is 12.5. The molecule has 0 spiro atoms. The molecule has 2 aromatic rings. The standard InChI is InChI=1S/C18H21N3O/c1-15-11-17(13-19-12-15)18(22)21-9-7-20(8-10-21)14-16-5-3-2-4-6-16/h2-6,11-13H,7-10,14H2,1H3. The second-order valence-electron chi connectivity index (χ2n) is 5.80. The van der Waals surface area contributed by atoms with E-state index in [0.29, 0.717) is 5.56 Å². The van der Waals surface area contributed by atoms with E-state index in [4.69, 9.17) is 0 Å². The Bertz CT molecular complexity index is 634. The molecule has 1 aliphatic heterocycles. The molecule has 0 aliphatic carbocycles. The van der Waals surface area contributed by atoms with Crippen LogP contribution in [0.5, 0.6) is 0 Å². The highest BCUT2D eigenvalue weighted by Crippen LogP contribution is 2.12. The van der Waals surface area contributed by atoms with Gasteiger partial charge < -0.3 is 4.90 Å². The Balaban J connectivity index is 1.56. The first-order chi connectivity index (χ1) is 10.7. The van der Waals surface area contributed by atoms with Crippen LogP contribution in [0.4, 0.5) is 0 Å². The molecule has 0 bridgehead atoms. The first kappa shape index (κ1) is 14.7. The number of amides is 1. The lowest BCUT2D eigenvalue weighted by Crippen LogP contribution is -2.48. The topological polar surface area (TPSA) is 36.4 Å². The Hall–Kier alpha value is -2.20. The molecule has 3 rings (SSSR count). The number of hydrogen-bond acceptors (Lipinski definition) is 3. The summed E-state index contributed by atoms with van der Waals surface area (Å²) in [5, 5.41) is 0. The van der Waals surface area contributed by atoms with Gasteiger partial charge in [-0.05, 0) is 24.1 Å². The van der Waals surface area contributed by atoms with Crippen molar-refractivity contribution >= 4 is 5.91 Å². The first-order valence-electron chi connectivity index (χ1n) is 7.69. The molecule has 114 valence electrons. The van der Waals surface area contributed by atoms with Gasteiger partial charge >= 0.3 is 0 Å². The predicted molar refractivity (Wildman–Crippen MR) is 86.6 cm³/mol. The van der Waals surface area contributed by atoms with Crippen molar-refractivity contribution in [3.05, 3.63) is 65.5 Å². The Morgan fingerprint density at radius 2 is 1.82 bits per heavy atom. The predicted octanol–water partition coefficient (Wildman–Crippen LogP) is 2.35. The number of pyridine rings is 1. The van der Waals surface area contributed by atoms with E-state index in [-0.39, 0.29) is 5.91 Å². The number of aromatic nitrogens is 1. The minimum Gasteiger partial charge on any atom is -0.336 e. The van der Waals surface area contributed by atoms with Gasteiger partial charge in [0.15, 0.2) is 0 Å². The van der Waals surface area contributed by atoms with Crippen LogP contribution in [-0.2, 0) is 6.54 Å². The van der Waals surface area contributed by atoms with Gasteiger partial charge in [0.1, 0.15) is 0 Å². The van der Waals surface area contributed by atoms with Crippen LogP contribution in [0.2, 0.25) is 0 Å². The van der Waals surface area contributed by atoms with Crippen molar-refractivity contribution in [2.24, 2.45) is 0 Å². The van der Waals surface area contributed by atoms with Crippen LogP contribution >= 0.6 is 0 Å². The van der Waals surface area contributed by atoms with E-state index in [1.807, 2.05) is 24.0 Å². The van der Waals surface area contributed by atoms with Gasteiger partial charge in [0.25, 0.3) is 5.91 Å². The summed E-state index contributed by atoms with van der Waals surface area (Å²) in [5.41, 5.74) is 3.04. The molecule has 0 unspecified atom stereocenters. The highest BCUT2D eigenvalue weighted by atomic mass is 16.2. The second-order valence-corrected chi connectivity index (χ2v) is 5.80. The largest absolute Gasteiger partial charge is 0.336 e. The van der Waals surface area contributed by atoms with Crippen LogP contribution in [0.3, 0.4) is 0 Å². The number of nitrogens with zero attached hydrogens (tertiary/aromatic N) is 3. The molecule has 4 nitrogen and oxygen atoms in total. The molecule has 1 saturated heterocycles. The van der Waals surface area contributed by atoms with Crippen molar-refractivity contribution in [1.82, 2.24) is 14.8 Å². The zero-order chi connectivity index (χ0) is 15.4. The average molecular weight is 295 g/mol. The van der Waals surface area contributed by atoms with Crippen molar-refractivity contribution < 1.29 is 4.79 Å². The molecule has 1 aromatic carbocycles. The minimum absolute atomic E-state index is 0.0931. The molecule has 0 radical (unpaired) electrons. The summed E-state index contributed by atoms with van der Waals surface area (Å²) in [6, 6.07) is 12.4. The smallest absolute Gasteiger partial charge is 0.255 e. The maximum Gasteiger partial charge on any atom is 0.255 e. The number of rotatable bonds is 3. The van der Waals surface area contributed by atoms with Crippen molar-refractivity contribution in [1.29, 1.82) is 0 Å². The number of hydrogen-bond donors (Lipinski definition) is 0. The Morgan fingerprint density at radius 3 is 2.50 bits per heavy atom. The summed E-state index contributed by atoms with van der Waals surface area (Å²) < 4.78 is 0. The van der Waals surface area contributed by atoms with Gasteiger partial charge in [-0.3, -0.25) is 14.7 Å². The van der Waals surface area contributed by atoms with Crippen LogP contribution in [0.1, 0.15) is 21.5 Å². The van der Waals surface area contributed by atoms with Crippen molar-refractivity contribution in [2.75, 3.05) is 26.2 Å². The Labute approximate surface area is 131 Å². The molecule has 0 N–H and O–H groups in total. The fourth-order valence-corrected chi connectivity index (χ4v) is 2.81. The second kappa shape index (κ2) is 6.71. The number of aryl methyl sites for hydroxylation is 1. The van der Waals surface area contributed by atoms with Crippen molar-refractivity contribution in [3.8, 4) is 0 Å². The van der Waals surface area contributed by atoms with Gasteiger partial charge in [0.2, 0.25) is 0 Å². The molecule has 2 heterocycles. The molecule has 0 atom stereocenters. The van der Waals surface area contributed by atoms with Gasteiger partial charge in [-0.25, -0.2) is 0 Å². The third-order valence-corrected chi connectivity index (χ3v) is 4.03. The molecule has 4 heteroatoms. The first-order valence-corrected chi connectivity index (χ1v) is 7.69. The molecule has 1 aromatic heterocycles. The fourth-order valence-electron chi connectivity index (χ4n) is 2.81. The van der Waals surface area contributed by atoms with Crippen LogP contribution in [0.15, 0.2) is 48.8 Å². The van der Waals surface area contributed by atoms with E-state index in [1.165, 1.54) is 5.56 Å². The SMILES string of the molecule is Cc1cncc(C(=O)N2CCN(Cc3ccccc3)CC2)c1. The lowest BCUT2D eigenvalue weighted by atomic mass is 10.1. The number of benzene rings is 1. The molecule has 1 aliphatic rings. The lowest BCUT2D eigenvalue weighted by Gasteiger charge is -2.34. The summed E-state index contributed by atoms with van der Waals surface area (Å²) in [5.74, 6) is 0.0931. The van der Waals surface area contributed by atoms with Crippen molar-refractivity contribution in [3.63, 3.8) is 0 Å². The van der Waals surface area contributed by atoms with E-state index in [9.17, 15) is 4.79 Å². The lowest BCUT2D eigenvalue weighted by molar-refractivity contribution is 0.0628. The third-order valence-electron chi connectivity index (χ3n) is 4.03. The molecule has 1 fully saturated rings. The summed E-state index contributed by atoms with van der Waals surface area (Å²) in [6.07, 6.45) is 3.43. The van der Waals surface area contributed by atoms with E-state index in [1.54, 1.807) is 12.4 Å². The zero-order valence-electron chi connectivity index (χ0n) is 12.9. The third kappa shape index (κ3) is 3.52. The van der Waals surface area contributed by atoms with Gasteiger partial charge in [-0.1, -0.05) is 30.3 Å². The highest BCUT2D eigenvalue weighted by molar-refractivity contribution is 5.94. The van der Waals surface area contributed by atoms with Gasteiger partial charge in [-0.15, -0.1) is 0 Å². The summed E-state index contributed by atoms with van der Waals surface area (Å²) >= 11 is 0. The maximum atomic E-state index is 12.5. The Kier molecular flexibility index (Phi) is 4.49. The molecular weight excluding hydrogens is 274 g/mol. The van der Waals surface area contributed by atoms with E-state index in [0.717, 1.165) is 38.3 Å². The van der Waals surface area contributed by atoms with Crippen LogP contribution in [0.25, 0.3) is 0 Å². The normalized spacial score (nSPS) is 15.8. The fraction of sp³-hybridized carbons (Fsp3) is 0.333. The molecule has 1 amide bonds. The molecule has 0 saturated carbocycles. The van der Waals surface area contributed by atoms with E-state index < -0.39 is 0 Å². The van der Waals surface area contributed by atoms with Crippen LogP contribution in [-0.4, -0.2) is 46.9 Å². The monoisotopic (exact) mass is 295 g/mol. The molecular formula is C18H21N3O. The summed E-state index contributed by atoms with van der Waals surface area (Å²) in [4.78, 5) is 20.9. The number of carbonyl (C=O) groups is 1. The quantitative estimate of drug-likeness (QED) is 0.872. The number of carbonyl (C=O) groups excluding carboxylic acids is 1. The summed E-state index contributed by atoms with van der Waals surface area (Å²) in [6.45, 7) is 6.30. The zero-order valence-corrected chi connectivity index (χ0v) is 12.9. The van der Waals surface area contributed by atoms with Gasteiger partial charge in [0, 0.05) is 45.1 Å². The van der Waals surface area contributed by atoms with Crippen molar-refractivity contribution in [2.45, 2.75) is 13.5 Å². The van der Waals surface area contributed by atoms with Gasteiger partial charge in [-0.2, -0.15) is 0 Å². The summed E-state index contributed by atoms with van der Waals surface area (Å²) in [7, 11) is 0. The van der Waals surface area contributed by atoms with Gasteiger partial charge in [0.05, 0.1) is 5.56 Å². The molecule has 22 heavy (non-hydrogen) atoms. The van der Waals surface area contributed by atoms with E-state index in [2.05, 4.69) is 34.1 Å². The average Bonchev–Trinajstić information content (AvgIpc) is 2.56. The minimum atomic E-state index is 0.0931.